The molecule has 1 aromatic rings. The van der Waals surface area contributed by atoms with Crippen molar-refractivity contribution in [2.75, 3.05) is 13.7 Å². The third kappa shape index (κ3) is 2.92. The molecule has 1 heterocycles. The van der Waals surface area contributed by atoms with Crippen molar-refractivity contribution < 1.29 is 4.74 Å². The van der Waals surface area contributed by atoms with E-state index in [0.717, 1.165) is 18.0 Å². The van der Waals surface area contributed by atoms with Crippen LogP contribution in [-0.4, -0.2) is 18.9 Å². The summed E-state index contributed by atoms with van der Waals surface area (Å²) in [6.45, 7) is 7.82. The van der Waals surface area contributed by atoms with Crippen LogP contribution in [0.4, 0.5) is 0 Å². The van der Waals surface area contributed by atoms with E-state index in [4.69, 9.17) is 4.74 Å². The number of hydrogen-bond donors (Lipinski definition) is 1. The van der Waals surface area contributed by atoms with Gasteiger partial charge in [-0.2, -0.15) is 11.8 Å². The minimum atomic E-state index is 0.466. The molecule has 0 aromatic heterocycles. The van der Waals surface area contributed by atoms with Gasteiger partial charge in [0, 0.05) is 22.6 Å². The first kappa shape index (κ1) is 14.7. The topological polar surface area (TPSA) is 21.3 Å². The largest absolute Gasteiger partial charge is 0.496 e. The summed E-state index contributed by atoms with van der Waals surface area (Å²) in [6.07, 6.45) is 2.39. The lowest BCUT2D eigenvalue weighted by Crippen LogP contribution is -2.34. The van der Waals surface area contributed by atoms with Gasteiger partial charge in [-0.25, -0.2) is 0 Å². The van der Waals surface area contributed by atoms with Gasteiger partial charge in [-0.3, -0.25) is 0 Å². The number of benzene rings is 1. The molecule has 0 fully saturated rings. The number of hydrogen-bond acceptors (Lipinski definition) is 3. The van der Waals surface area contributed by atoms with Crippen LogP contribution in [-0.2, 0) is 5.75 Å². The van der Waals surface area contributed by atoms with E-state index in [1.807, 2.05) is 0 Å². The van der Waals surface area contributed by atoms with Crippen LogP contribution in [0.2, 0.25) is 0 Å². The average Bonchev–Trinajstić information content (AvgIpc) is 2.45. The van der Waals surface area contributed by atoms with Crippen LogP contribution in [0.1, 0.15) is 49.4 Å². The maximum atomic E-state index is 5.55. The predicted molar refractivity (Wildman–Crippen MR) is 84.1 cm³/mol. The zero-order valence-electron chi connectivity index (χ0n) is 12.5. The van der Waals surface area contributed by atoms with Gasteiger partial charge in [-0.05, 0) is 43.5 Å². The van der Waals surface area contributed by atoms with E-state index in [2.05, 4.69) is 50.0 Å². The van der Waals surface area contributed by atoms with Crippen LogP contribution < -0.4 is 10.1 Å². The smallest absolute Gasteiger partial charge is 0.123 e. The zero-order valence-corrected chi connectivity index (χ0v) is 13.3. The summed E-state index contributed by atoms with van der Waals surface area (Å²) in [4.78, 5) is 0. The van der Waals surface area contributed by atoms with Gasteiger partial charge in [-0.15, -0.1) is 0 Å². The van der Waals surface area contributed by atoms with Crippen molar-refractivity contribution in [2.24, 2.45) is 0 Å². The quantitative estimate of drug-likeness (QED) is 0.878. The van der Waals surface area contributed by atoms with Crippen LogP contribution in [0.25, 0.3) is 0 Å². The minimum Gasteiger partial charge on any atom is -0.496 e. The Balaban J connectivity index is 2.42. The Kier molecular flexibility index (Phi) is 5.17. The molecule has 0 bridgehead atoms. The van der Waals surface area contributed by atoms with E-state index >= 15 is 0 Å². The maximum Gasteiger partial charge on any atom is 0.123 e. The number of rotatable bonds is 5. The molecule has 2 nitrogen and oxygen atoms in total. The Morgan fingerprint density at radius 2 is 2.16 bits per heavy atom. The molecular formula is C16H25NOS. The van der Waals surface area contributed by atoms with Gasteiger partial charge >= 0.3 is 0 Å². The fourth-order valence-electron chi connectivity index (χ4n) is 2.89. The van der Waals surface area contributed by atoms with E-state index in [1.54, 1.807) is 7.11 Å². The molecule has 1 aromatic carbocycles. The highest BCUT2D eigenvalue weighted by molar-refractivity contribution is 7.99. The van der Waals surface area contributed by atoms with Crippen molar-refractivity contribution in [1.29, 1.82) is 0 Å². The van der Waals surface area contributed by atoms with Gasteiger partial charge in [0.1, 0.15) is 5.75 Å². The van der Waals surface area contributed by atoms with Crippen molar-refractivity contribution >= 4 is 11.8 Å². The summed E-state index contributed by atoms with van der Waals surface area (Å²) >= 11 is 2.06. The molecule has 2 rings (SSSR count). The highest BCUT2D eigenvalue weighted by Crippen LogP contribution is 2.44. The van der Waals surface area contributed by atoms with Crippen molar-refractivity contribution in [2.45, 2.75) is 50.7 Å². The summed E-state index contributed by atoms with van der Waals surface area (Å²) in [5.41, 5.74) is 4.27. The number of aryl methyl sites for hydroxylation is 1. The summed E-state index contributed by atoms with van der Waals surface area (Å²) in [6, 6.07) is 4.77. The summed E-state index contributed by atoms with van der Waals surface area (Å²) in [5, 5.41) is 4.42. The van der Waals surface area contributed by atoms with Crippen molar-refractivity contribution in [3.8, 4) is 5.75 Å². The van der Waals surface area contributed by atoms with Crippen LogP contribution >= 0.6 is 11.8 Å². The molecule has 2 unspecified atom stereocenters. The average molecular weight is 279 g/mol. The Hall–Kier alpha value is -0.670. The highest BCUT2D eigenvalue weighted by atomic mass is 32.2. The molecular weight excluding hydrogens is 254 g/mol. The molecule has 0 saturated heterocycles. The molecule has 1 aliphatic heterocycles. The van der Waals surface area contributed by atoms with Gasteiger partial charge in [0.15, 0.2) is 0 Å². The molecule has 0 radical (unpaired) electrons. The monoisotopic (exact) mass is 279 g/mol. The van der Waals surface area contributed by atoms with E-state index in [-0.39, 0.29) is 0 Å². The third-order valence-corrected chi connectivity index (χ3v) is 5.38. The lowest BCUT2D eigenvalue weighted by atomic mass is 9.91. The highest BCUT2D eigenvalue weighted by Gasteiger charge is 2.31. The second kappa shape index (κ2) is 6.67. The number of thioether (sulfide) groups is 1. The van der Waals surface area contributed by atoms with E-state index in [0.29, 0.717) is 11.3 Å². The van der Waals surface area contributed by atoms with Gasteiger partial charge in [0.25, 0.3) is 0 Å². The van der Waals surface area contributed by atoms with Gasteiger partial charge in [0.05, 0.1) is 7.11 Å². The third-order valence-electron chi connectivity index (χ3n) is 3.89. The predicted octanol–water partition coefficient (Wildman–Crippen LogP) is 4.07. The van der Waals surface area contributed by atoms with Crippen LogP contribution in [0.15, 0.2) is 12.1 Å². The number of methoxy groups -OCH3 is 1. The molecule has 0 aliphatic carbocycles. The molecule has 3 heteroatoms. The molecule has 2 atom stereocenters. The van der Waals surface area contributed by atoms with Gasteiger partial charge in [-0.1, -0.05) is 19.9 Å². The number of ether oxygens (including phenoxy) is 1. The van der Waals surface area contributed by atoms with Crippen molar-refractivity contribution in [3.05, 3.63) is 28.8 Å². The molecule has 0 saturated carbocycles. The number of nitrogens with one attached hydrogen (secondary N) is 1. The van der Waals surface area contributed by atoms with Crippen LogP contribution in [0.5, 0.6) is 5.75 Å². The lowest BCUT2D eigenvalue weighted by molar-refractivity contribution is 0.406. The van der Waals surface area contributed by atoms with Gasteiger partial charge < -0.3 is 10.1 Å². The van der Waals surface area contributed by atoms with Crippen molar-refractivity contribution in [1.82, 2.24) is 5.32 Å². The van der Waals surface area contributed by atoms with E-state index < -0.39 is 0 Å². The molecule has 1 aliphatic rings. The van der Waals surface area contributed by atoms with E-state index in [1.165, 1.54) is 29.5 Å². The van der Waals surface area contributed by atoms with Crippen LogP contribution in [0, 0.1) is 6.92 Å². The fourth-order valence-corrected chi connectivity index (χ4v) is 4.23. The second-order valence-corrected chi connectivity index (χ2v) is 6.39. The Bertz CT molecular complexity index is 433. The minimum absolute atomic E-state index is 0.466. The normalized spacial score (nSPS) is 22.1. The van der Waals surface area contributed by atoms with Crippen molar-refractivity contribution in [3.63, 3.8) is 0 Å². The summed E-state index contributed by atoms with van der Waals surface area (Å²) in [5.74, 6) is 2.12. The standard InChI is InChI=1S/C16H25NOS/c1-5-9-17-16-14(6-2)19-10-12-13(18-4)8-7-11(3)15(12)16/h7-8,14,16-17H,5-6,9-10H2,1-4H3. The first-order valence-electron chi connectivity index (χ1n) is 7.24. The Labute approximate surface area is 121 Å². The SMILES string of the molecule is CCCNC1c2c(C)ccc(OC)c2CSC1CC. The lowest BCUT2D eigenvalue weighted by Gasteiger charge is -2.35. The molecule has 19 heavy (non-hydrogen) atoms. The maximum absolute atomic E-state index is 5.55. The first-order chi connectivity index (χ1) is 9.22. The van der Waals surface area contributed by atoms with Gasteiger partial charge in [0.2, 0.25) is 0 Å². The number of fused-ring (bicyclic) bond motifs is 1. The second-order valence-electron chi connectivity index (χ2n) is 5.17. The Morgan fingerprint density at radius 1 is 1.37 bits per heavy atom. The van der Waals surface area contributed by atoms with Crippen LogP contribution in [0.3, 0.4) is 0 Å². The fraction of sp³-hybridized carbons (Fsp3) is 0.625. The van der Waals surface area contributed by atoms with E-state index in [9.17, 15) is 0 Å². The molecule has 0 amide bonds. The molecule has 0 spiro atoms. The molecule has 106 valence electrons. The Morgan fingerprint density at radius 3 is 2.79 bits per heavy atom. The summed E-state index contributed by atoms with van der Waals surface area (Å²) < 4.78 is 5.55. The molecule has 1 N–H and O–H groups in total. The summed E-state index contributed by atoms with van der Waals surface area (Å²) in [7, 11) is 1.77. The zero-order chi connectivity index (χ0) is 13.8. The first-order valence-corrected chi connectivity index (χ1v) is 8.29.